The second-order valence-corrected chi connectivity index (χ2v) is 6.85. The van der Waals surface area contributed by atoms with Gasteiger partial charge in [0.05, 0.1) is 27.7 Å². The lowest BCUT2D eigenvalue weighted by atomic mass is 9.99. The molecule has 3 nitrogen and oxygen atoms in total. The maximum Gasteiger partial charge on any atom is 0.178 e. The van der Waals surface area contributed by atoms with Gasteiger partial charge in [-0.3, -0.25) is 9.48 Å². The Labute approximate surface area is 127 Å². The van der Waals surface area contributed by atoms with Crippen LogP contribution >= 0.6 is 22.9 Å². The summed E-state index contributed by atoms with van der Waals surface area (Å²) in [7, 11) is 1.83. The number of Topliss-reactive ketones (excluding diaryl/α,β-unsaturated/α-hetero) is 1. The van der Waals surface area contributed by atoms with Gasteiger partial charge in [-0.25, -0.2) is 0 Å². The summed E-state index contributed by atoms with van der Waals surface area (Å²) in [5.41, 5.74) is 2.96. The van der Waals surface area contributed by atoms with E-state index in [9.17, 15) is 4.79 Å². The number of hydrogen-bond acceptors (Lipinski definition) is 3. The molecule has 106 valence electrons. The molecule has 0 spiro atoms. The second-order valence-electron chi connectivity index (χ2n) is 5.34. The van der Waals surface area contributed by atoms with Gasteiger partial charge in [0.15, 0.2) is 5.78 Å². The van der Waals surface area contributed by atoms with E-state index in [1.54, 1.807) is 16.0 Å². The van der Waals surface area contributed by atoms with E-state index in [4.69, 9.17) is 11.6 Å². The molecule has 5 heteroatoms. The molecule has 0 bridgehead atoms. The second kappa shape index (κ2) is 5.34. The van der Waals surface area contributed by atoms with Gasteiger partial charge in [-0.05, 0) is 44.2 Å². The first-order valence-corrected chi connectivity index (χ1v) is 8.08. The minimum Gasteiger partial charge on any atom is -0.293 e. The van der Waals surface area contributed by atoms with Gasteiger partial charge in [-0.2, -0.15) is 5.10 Å². The zero-order valence-electron chi connectivity index (χ0n) is 11.7. The van der Waals surface area contributed by atoms with Gasteiger partial charge in [0.2, 0.25) is 0 Å². The van der Waals surface area contributed by atoms with E-state index in [0.29, 0.717) is 11.4 Å². The number of ketones is 1. The van der Waals surface area contributed by atoms with Crippen molar-refractivity contribution in [2.45, 2.75) is 39.0 Å². The van der Waals surface area contributed by atoms with E-state index in [1.807, 2.05) is 14.0 Å². The maximum absolute atomic E-state index is 12.5. The number of nitrogens with zero attached hydrogens (tertiary/aromatic N) is 2. The van der Waals surface area contributed by atoms with Crippen molar-refractivity contribution >= 4 is 28.7 Å². The van der Waals surface area contributed by atoms with Crippen molar-refractivity contribution in [1.29, 1.82) is 0 Å². The van der Waals surface area contributed by atoms with Crippen LogP contribution in [0.2, 0.25) is 5.02 Å². The Balaban J connectivity index is 1.84. The highest BCUT2D eigenvalue weighted by Gasteiger charge is 2.20. The van der Waals surface area contributed by atoms with Gasteiger partial charge in [0, 0.05) is 11.9 Å². The van der Waals surface area contributed by atoms with Crippen molar-refractivity contribution in [3.63, 3.8) is 0 Å². The van der Waals surface area contributed by atoms with E-state index in [2.05, 4.69) is 11.2 Å². The molecule has 2 heterocycles. The van der Waals surface area contributed by atoms with Gasteiger partial charge in [0.25, 0.3) is 0 Å². The SMILES string of the molecule is Cc1nn(C)c(CC(=O)c2cc3c(s2)CCCC3)c1Cl. The number of carbonyl (C=O) groups excluding carboxylic acids is 1. The van der Waals surface area contributed by atoms with Crippen LogP contribution in [0.5, 0.6) is 0 Å². The summed E-state index contributed by atoms with van der Waals surface area (Å²) in [6.07, 6.45) is 5.05. The average Bonchev–Trinajstić information content (AvgIpc) is 2.95. The fraction of sp³-hybridized carbons (Fsp3) is 0.467. The predicted molar refractivity (Wildman–Crippen MR) is 82.0 cm³/mol. The van der Waals surface area contributed by atoms with Crippen molar-refractivity contribution < 1.29 is 4.79 Å². The lowest BCUT2D eigenvalue weighted by Gasteiger charge is -2.08. The first kappa shape index (κ1) is 13.8. The Morgan fingerprint density at radius 2 is 2.20 bits per heavy atom. The molecule has 2 aromatic rings. The molecule has 3 rings (SSSR count). The molecular weight excluding hydrogens is 292 g/mol. The number of aryl methyl sites for hydroxylation is 4. The molecule has 1 aliphatic rings. The highest BCUT2D eigenvalue weighted by Crippen LogP contribution is 2.31. The fourth-order valence-corrected chi connectivity index (χ4v) is 4.16. The molecule has 20 heavy (non-hydrogen) atoms. The van der Waals surface area contributed by atoms with Crippen LogP contribution in [0.25, 0.3) is 0 Å². The van der Waals surface area contributed by atoms with E-state index < -0.39 is 0 Å². The summed E-state index contributed by atoms with van der Waals surface area (Å²) in [6, 6.07) is 2.08. The highest BCUT2D eigenvalue weighted by molar-refractivity contribution is 7.14. The number of aromatic nitrogens is 2. The largest absolute Gasteiger partial charge is 0.293 e. The lowest BCUT2D eigenvalue weighted by Crippen LogP contribution is -2.07. The molecule has 0 aliphatic heterocycles. The molecule has 1 aliphatic carbocycles. The van der Waals surface area contributed by atoms with Gasteiger partial charge >= 0.3 is 0 Å². The maximum atomic E-state index is 12.5. The van der Waals surface area contributed by atoms with Crippen LogP contribution in [-0.2, 0) is 26.3 Å². The number of carbonyl (C=O) groups is 1. The third kappa shape index (κ3) is 2.42. The van der Waals surface area contributed by atoms with Crippen LogP contribution in [0.1, 0.15) is 44.3 Å². The van der Waals surface area contributed by atoms with Crippen molar-refractivity contribution in [3.8, 4) is 0 Å². The van der Waals surface area contributed by atoms with Crippen LogP contribution in [0, 0.1) is 6.92 Å². The van der Waals surface area contributed by atoms with Gasteiger partial charge in [-0.1, -0.05) is 11.6 Å². The minimum absolute atomic E-state index is 0.147. The molecule has 0 N–H and O–H groups in total. The molecule has 0 radical (unpaired) electrons. The molecule has 0 atom stereocenters. The molecular formula is C15H17ClN2OS. The number of fused-ring (bicyclic) bond motifs is 1. The summed E-state index contributed by atoms with van der Waals surface area (Å²) in [5.74, 6) is 0.147. The zero-order chi connectivity index (χ0) is 14.3. The summed E-state index contributed by atoms with van der Waals surface area (Å²) < 4.78 is 1.71. The van der Waals surface area contributed by atoms with Crippen LogP contribution in [0.15, 0.2) is 6.07 Å². The predicted octanol–water partition coefficient (Wildman–Crippen LogP) is 3.75. The van der Waals surface area contributed by atoms with E-state index >= 15 is 0 Å². The zero-order valence-corrected chi connectivity index (χ0v) is 13.3. The van der Waals surface area contributed by atoms with Crippen LogP contribution in [-0.4, -0.2) is 15.6 Å². The van der Waals surface area contributed by atoms with Crippen LogP contribution < -0.4 is 0 Å². The Hall–Kier alpha value is -1.13. The summed E-state index contributed by atoms with van der Waals surface area (Å²) in [5, 5.41) is 4.87. The minimum atomic E-state index is 0.147. The van der Waals surface area contributed by atoms with Crippen molar-refractivity contribution in [2.75, 3.05) is 0 Å². The topological polar surface area (TPSA) is 34.9 Å². The molecule has 2 aromatic heterocycles. The third-order valence-corrected chi connectivity index (χ3v) is 5.63. The van der Waals surface area contributed by atoms with Crippen LogP contribution in [0.4, 0.5) is 0 Å². The van der Waals surface area contributed by atoms with Gasteiger partial charge in [0.1, 0.15) is 0 Å². The summed E-state index contributed by atoms with van der Waals surface area (Å²) in [4.78, 5) is 14.7. The normalized spacial score (nSPS) is 14.3. The summed E-state index contributed by atoms with van der Waals surface area (Å²) in [6.45, 7) is 1.86. The monoisotopic (exact) mass is 308 g/mol. The number of hydrogen-bond donors (Lipinski definition) is 0. The molecule has 0 fully saturated rings. The molecule has 0 unspecified atom stereocenters. The Morgan fingerprint density at radius 1 is 1.45 bits per heavy atom. The van der Waals surface area contributed by atoms with E-state index in [0.717, 1.165) is 29.1 Å². The average molecular weight is 309 g/mol. The fourth-order valence-electron chi connectivity index (χ4n) is 2.74. The molecule has 0 aromatic carbocycles. The number of rotatable bonds is 3. The Bertz CT molecular complexity index is 648. The summed E-state index contributed by atoms with van der Waals surface area (Å²) >= 11 is 7.87. The molecule has 0 amide bonds. The van der Waals surface area contributed by atoms with E-state index in [1.165, 1.54) is 23.3 Å². The first-order chi connectivity index (χ1) is 9.56. The van der Waals surface area contributed by atoms with Crippen molar-refractivity contribution in [3.05, 3.63) is 37.8 Å². The van der Waals surface area contributed by atoms with Crippen molar-refractivity contribution in [1.82, 2.24) is 9.78 Å². The lowest BCUT2D eigenvalue weighted by molar-refractivity contribution is 0.0994. The first-order valence-electron chi connectivity index (χ1n) is 6.89. The standard InChI is InChI=1S/C15H17ClN2OS/c1-9-15(16)11(18(2)17-9)8-12(19)14-7-10-5-3-4-6-13(10)20-14/h7H,3-6,8H2,1-2H3. The van der Waals surface area contributed by atoms with E-state index in [-0.39, 0.29) is 5.78 Å². The Morgan fingerprint density at radius 3 is 2.85 bits per heavy atom. The third-order valence-electron chi connectivity index (χ3n) is 3.86. The highest BCUT2D eigenvalue weighted by atomic mass is 35.5. The Kier molecular flexibility index (Phi) is 3.69. The molecule has 0 saturated carbocycles. The number of thiophene rings is 1. The number of halogens is 1. The van der Waals surface area contributed by atoms with Gasteiger partial charge < -0.3 is 0 Å². The quantitative estimate of drug-likeness (QED) is 0.809. The molecule has 0 saturated heterocycles. The smallest absolute Gasteiger partial charge is 0.178 e. The van der Waals surface area contributed by atoms with Crippen LogP contribution in [0.3, 0.4) is 0 Å². The van der Waals surface area contributed by atoms with Crippen molar-refractivity contribution in [2.24, 2.45) is 7.05 Å². The van der Waals surface area contributed by atoms with Gasteiger partial charge in [-0.15, -0.1) is 11.3 Å².